The van der Waals surface area contributed by atoms with Crippen LogP contribution in [-0.4, -0.2) is 17.1 Å². The van der Waals surface area contributed by atoms with Crippen LogP contribution in [0.25, 0.3) is 0 Å². The third kappa shape index (κ3) is 2.71. The molecule has 0 aliphatic carbocycles. The van der Waals surface area contributed by atoms with Crippen molar-refractivity contribution < 1.29 is 4.74 Å². The Morgan fingerprint density at radius 2 is 2.29 bits per heavy atom. The van der Waals surface area contributed by atoms with E-state index in [2.05, 4.69) is 15.3 Å². The molecule has 2 N–H and O–H groups in total. The number of rotatable bonds is 4. The number of hydrogen-bond acceptors (Lipinski definition) is 3. The summed E-state index contributed by atoms with van der Waals surface area (Å²) in [7, 11) is 1.62. The Hall–Kier alpha value is -1.68. The van der Waals surface area contributed by atoms with E-state index in [1.807, 2.05) is 13.0 Å². The highest BCUT2D eigenvalue weighted by Crippen LogP contribution is 2.31. The van der Waals surface area contributed by atoms with Crippen molar-refractivity contribution in [3.8, 4) is 5.75 Å². The molecule has 1 aromatic heterocycles. The minimum absolute atomic E-state index is 0.616. The van der Waals surface area contributed by atoms with Crippen LogP contribution in [-0.2, 0) is 6.54 Å². The van der Waals surface area contributed by atoms with Crippen molar-refractivity contribution in [2.45, 2.75) is 13.5 Å². The first kappa shape index (κ1) is 11.8. The lowest BCUT2D eigenvalue weighted by Crippen LogP contribution is -2.03. The van der Waals surface area contributed by atoms with Gasteiger partial charge in [-0.2, -0.15) is 0 Å². The van der Waals surface area contributed by atoms with E-state index in [9.17, 15) is 0 Å². The second kappa shape index (κ2) is 5.10. The van der Waals surface area contributed by atoms with Gasteiger partial charge in [0.2, 0.25) is 0 Å². The molecule has 0 fully saturated rings. The van der Waals surface area contributed by atoms with Crippen LogP contribution in [0.5, 0.6) is 5.75 Å². The number of nitrogens with one attached hydrogen (secondary N) is 2. The van der Waals surface area contributed by atoms with E-state index in [-0.39, 0.29) is 0 Å². The molecule has 2 aromatic rings. The largest absolute Gasteiger partial charge is 0.495 e. The highest BCUT2D eigenvalue weighted by Gasteiger charge is 2.07. The van der Waals surface area contributed by atoms with Crippen molar-refractivity contribution in [3.63, 3.8) is 0 Å². The molecule has 0 spiro atoms. The Morgan fingerprint density at radius 1 is 1.47 bits per heavy atom. The van der Waals surface area contributed by atoms with Crippen LogP contribution < -0.4 is 10.1 Å². The van der Waals surface area contributed by atoms with Gasteiger partial charge in [-0.3, -0.25) is 0 Å². The highest BCUT2D eigenvalue weighted by atomic mass is 35.5. The molecule has 1 heterocycles. The Morgan fingerprint density at radius 3 is 2.94 bits per heavy atom. The summed E-state index contributed by atoms with van der Waals surface area (Å²) in [5.41, 5.74) is 1.92. The van der Waals surface area contributed by atoms with E-state index in [4.69, 9.17) is 16.3 Å². The lowest BCUT2D eigenvalue weighted by molar-refractivity contribution is 0.416. The van der Waals surface area contributed by atoms with E-state index in [1.54, 1.807) is 25.6 Å². The molecule has 0 amide bonds. The van der Waals surface area contributed by atoms with Crippen LogP contribution in [0, 0.1) is 6.92 Å². The van der Waals surface area contributed by atoms with E-state index in [0.717, 1.165) is 22.8 Å². The maximum absolute atomic E-state index is 6.04. The fraction of sp³-hybridized carbons (Fsp3) is 0.250. The summed E-state index contributed by atoms with van der Waals surface area (Å²) in [4.78, 5) is 7.17. The number of nitrogens with zero attached hydrogens (tertiary/aromatic N) is 1. The number of ether oxygens (including phenoxy) is 1. The predicted octanol–water partition coefficient (Wildman–Crippen LogP) is 2.99. The molecular formula is C12H14ClN3O. The molecule has 0 aliphatic heterocycles. The number of aryl methyl sites for hydroxylation is 1. The van der Waals surface area contributed by atoms with Crippen LogP contribution in [0.15, 0.2) is 24.5 Å². The number of halogens is 1. The molecule has 5 heteroatoms. The number of H-pyrrole nitrogens is 1. The van der Waals surface area contributed by atoms with Crippen molar-refractivity contribution in [3.05, 3.63) is 40.9 Å². The molecule has 0 unspecified atom stereocenters. The molecule has 2 rings (SSSR count). The van der Waals surface area contributed by atoms with Gasteiger partial charge in [-0.1, -0.05) is 11.6 Å². The number of aromatic amines is 1. The minimum Gasteiger partial charge on any atom is -0.495 e. The molecule has 0 saturated carbocycles. The predicted molar refractivity (Wildman–Crippen MR) is 68.7 cm³/mol. The zero-order valence-electron chi connectivity index (χ0n) is 9.75. The Labute approximate surface area is 105 Å². The second-order valence-electron chi connectivity index (χ2n) is 3.69. The first-order valence-electron chi connectivity index (χ1n) is 5.27. The molecular weight excluding hydrogens is 238 g/mol. The van der Waals surface area contributed by atoms with Gasteiger partial charge in [0.15, 0.2) is 0 Å². The molecule has 90 valence electrons. The van der Waals surface area contributed by atoms with Crippen molar-refractivity contribution in [2.75, 3.05) is 12.4 Å². The van der Waals surface area contributed by atoms with E-state index in [1.165, 1.54) is 0 Å². The Bertz CT molecular complexity index is 497. The first-order valence-corrected chi connectivity index (χ1v) is 5.64. The van der Waals surface area contributed by atoms with Gasteiger partial charge in [0, 0.05) is 23.5 Å². The van der Waals surface area contributed by atoms with Gasteiger partial charge < -0.3 is 15.0 Å². The molecule has 4 nitrogen and oxygen atoms in total. The van der Waals surface area contributed by atoms with Gasteiger partial charge in [-0.05, 0) is 18.6 Å². The SMILES string of the molecule is COc1cc(Cl)c(C)cc1NCc1ncc[nH]1. The molecule has 17 heavy (non-hydrogen) atoms. The Balaban J connectivity index is 2.17. The molecule has 0 aliphatic rings. The standard InChI is InChI=1S/C12H14ClN3O/c1-8-5-10(11(17-2)6-9(8)13)16-7-12-14-3-4-15-12/h3-6,16H,7H2,1-2H3,(H,14,15). The van der Waals surface area contributed by atoms with Crippen molar-refractivity contribution in [2.24, 2.45) is 0 Å². The highest BCUT2D eigenvalue weighted by molar-refractivity contribution is 6.31. The number of benzene rings is 1. The lowest BCUT2D eigenvalue weighted by Gasteiger charge is -2.12. The van der Waals surface area contributed by atoms with Gasteiger partial charge in [0.05, 0.1) is 19.3 Å². The van der Waals surface area contributed by atoms with E-state index >= 15 is 0 Å². The zero-order valence-corrected chi connectivity index (χ0v) is 10.5. The van der Waals surface area contributed by atoms with Crippen LogP contribution in [0.3, 0.4) is 0 Å². The number of aromatic nitrogens is 2. The van der Waals surface area contributed by atoms with Crippen molar-refractivity contribution in [1.29, 1.82) is 0 Å². The monoisotopic (exact) mass is 251 g/mol. The number of hydrogen-bond donors (Lipinski definition) is 2. The fourth-order valence-corrected chi connectivity index (χ4v) is 1.70. The summed E-state index contributed by atoms with van der Waals surface area (Å²) >= 11 is 6.04. The molecule has 0 saturated heterocycles. The third-order valence-electron chi connectivity index (χ3n) is 2.48. The average Bonchev–Trinajstić information content (AvgIpc) is 2.83. The summed E-state index contributed by atoms with van der Waals surface area (Å²) in [6, 6.07) is 3.77. The second-order valence-corrected chi connectivity index (χ2v) is 4.10. The number of methoxy groups -OCH3 is 1. The summed E-state index contributed by atoms with van der Waals surface area (Å²) in [5.74, 6) is 1.60. The summed E-state index contributed by atoms with van der Waals surface area (Å²) in [5, 5.41) is 3.96. The van der Waals surface area contributed by atoms with Gasteiger partial charge >= 0.3 is 0 Å². The van der Waals surface area contributed by atoms with Gasteiger partial charge in [0.1, 0.15) is 11.6 Å². The van der Waals surface area contributed by atoms with E-state index in [0.29, 0.717) is 11.6 Å². The normalized spacial score (nSPS) is 10.3. The van der Waals surface area contributed by atoms with Crippen molar-refractivity contribution >= 4 is 17.3 Å². The van der Waals surface area contributed by atoms with Crippen molar-refractivity contribution in [1.82, 2.24) is 9.97 Å². The van der Waals surface area contributed by atoms with Gasteiger partial charge in [-0.25, -0.2) is 4.98 Å². The lowest BCUT2D eigenvalue weighted by atomic mass is 10.2. The summed E-state index contributed by atoms with van der Waals surface area (Å²) < 4.78 is 5.27. The maximum Gasteiger partial charge on any atom is 0.143 e. The Kier molecular flexibility index (Phi) is 3.54. The zero-order chi connectivity index (χ0) is 12.3. The smallest absolute Gasteiger partial charge is 0.143 e. The topological polar surface area (TPSA) is 49.9 Å². The number of anilines is 1. The first-order chi connectivity index (χ1) is 8.20. The molecule has 0 radical (unpaired) electrons. The molecule has 0 bridgehead atoms. The summed E-state index contributed by atoms with van der Waals surface area (Å²) in [6.45, 7) is 2.57. The van der Waals surface area contributed by atoms with E-state index < -0.39 is 0 Å². The molecule has 0 atom stereocenters. The fourth-order valence-electron chi connectivity index (χ4n) is 1.54. The van der Waals surface area contributed by atoms with Crippen LogP contribution in [0.4, 0.5) is 5.69 Å². The van der Waals surface area contributed by atoms with Crippen LogP contribution in [0.2, 0.25) is 5.02 Å². The van der Waals surface area contributed by atoms with Gasteiger partial charge in [0.25, 0.3) is 0 Å². The minimum atomic E-state index is 0.616. The molecule has 1 aromatic carbocycles. The van der Waals surface area contributed by atoms with Gasteiger partial charge in [-0.15, -0.1) is 0 Å². The number of imidazole rings is 1. The third-order valence-corrected chi connectivity index (χ3v) is 2.89. The van der Waals surface area contributed by atoms with Crippen LogP contribution in [0.1, 0.15) is 11.4 Å². The average molecular weight is 252 g/mol. The van der Waals surface area contributed by atoms with Crippen LogP contribution >= 0.6 is 11.6 Å². The summed E-state index contributed by atoms with van der Waals surface area (Å²) in [6.07, 6.45) is 3.52. The maximum atomic E-state index is 6.04. The quantitative estimate of drug-likeness (QED) is 0.878.